The topological polar surface area (TPSA) is 43.4 Å². The number of benzene rings is 1. The fourth-order valence-corrected chi connectivity index (χ4v) is 2.07. The molecule has 0 amide bonds. The minimum atomic E-state index is 0.644. The molecule has 0 saturated heterocycles. The molecule has 0 radical (unpaired) electrons. The van der Waals surface area contributed by atoms with Gasteiger partial charge in [0.2, 0.25) is 0 Å². The molecular weight excluding hydrogens is 264 g/mol. The second-order valence-corrected chi connectivity index (χ2v) is 4.56. The van der Waals surface area contributed by atoms with E-state index in [2.05, 4.69) is 16.4 Å². The van der Waals surface area contributed by atoms with E-state index in [-0.39, 0.29) is 0 Å². The maximum Gasteiger partial charge on any atom is 0.142 e. The average molecular weight is 286 g/mol. The van der Waals surface area contributed by atoms with Gasteiger partial charge in [-0.3, -0.25) is 4.98 Å². The Hall–Kier alpha value is -2.23. The number of nitrogens with one attached hydrogen (secondary N) is 1. The van der Waals surface area contributed by atoms with Gasteiger partial charge in [-0.25, -0.2) is 0 Å². The van der Waals surface area contributed by atoms with Crippen molar-refractivity contribution in [3.05, 3.63) is 48.3 Å². The quantitative estimate of drug-likeness (QED) is 0.806. The van der Waals surface area contributed by atoms with E-state index in [4.69, 9.17) is 9.47 Å². The van der Waals surface area contributed by atoms with Gasteiger partial charge < -0.3 is 14.8 Å². The maximum atomic E-state index is 5.64. The van der Waals surface area contributed by atoms with E-state index in [1.165, 1.54) is 5.56 Å². The molecule has 1 aromatic heterocycles. The van der Waals surface area contributed by atoms with Crippen LogP contribution in [0.15, 0.2) is 42.7 Å². The molecule has 0 aliphatic heterocycles. The second-order valence-electron chi connectivity index (χ2n) is 4.56. The molecule has 0 spiro atoms. The molecule has 0 aliphatic carbocycles. The lowest BCUT2D eigenvalue weighted by atomic mass is 10.2. The number of anilines is 1. The molecule has 0 aliphatic rings. The number of nitrogens with zero attached hydrogens (tertiary/aromatic N) is 1. The maximum absolute atomic E-state index is 5.64. The molecule has 1 N–H and O–H groups in total. The zero-order valence-electron chi connectivity index (χ0n) is 12.6. The third kappa shape index (κ3) is 4.67. The van der Waals surface area contributed by atoms with E-state index in [1.54, 1.807) is 6.20 Å². The van der Waals surface area contributed by atoms with Crippen molar-refractivity contribution in [2.75, 3.05) is 25.1 Å². The van der Waals surface area contributed by atoms with Crippen LogP contribution in [0.25, 0.3) is 0 Å². The van der Waals surface area contributed by atoms with Crippen molar-refractivity contribution in [2.24, 2.45) is 0 Å². The molecule has 0 unspecified atom stereocenters. The van der Waals surface area contributed by atoms with Crippen molar-refractivity contribution >= 4 is 5.69 Å². The van der Waals surface area contributed by atoms with Crippen molar-refractivity contribution in [1.82, 2.24) is 4.98 Å². The highest BCUT2D eigenvalue weighted by molar-refractivity contribution is 5.59. The molecule has 4 nitrogen and oxygen atoms in total. The van der Waals surface area contributed by atoms with Crippen LogP contribution in [0.2, 0.25) is 0 Å². The standard InChI is InChI=1S/C17H22N2O2/c1-3-20-15-7-8-17(21-4-2)16(12-15)19-11-9-14-6-5-10-18-13-14/h5-8,10,12-13,19H,3-4,9,11H2,1-2H3. The Morgan fingerprint density at radius 3 is 2.67 bits per heavy atom. The summed E-state index contributed by atoms with van der Waals surface area (Å²) < 4.78 is 11.2. The largest absolute Gasteiger partial charge is 0.494 e. The molecule has 0 fully saturated rings. The molecule has 2 rings (SSSR count). The first kappa shape index (κ1) is 15.2. The van der Waals surface area contributed by atoms with Crippen LogP contribution in [0.1, 0.15) is 19.4 Å². The predicted molar refractivity (Wildman–Crippen MR) is 85.2 cm³/mol. The molecule has 2 aromatic rings. The molecule has 4 heteroatoms. The molecule has 0 atom stereocenters. The lowest BCUT2D eigenvalue weighted by Crippen LogP contribution is -2.07. The summed E-state index contributed by atoms with van der Waals surface area (Å²) in [5, 5.41) is 3.41. The highest BCUT2D eigenvalue weighted by Gasteiger charge is 2.05. The fourth-order valence-electron chi connectivity index (χ4n) is 2.07. The summed E-state index contributed by atoms with van der Waals surface area (Å²) in [4.78, 5) is 4.12. The zero-order chi connectivity index (χ0) is 14.9. The Morgan fingerprint density at radius 1 is 1.10 bits per heavy atom. The van der Waals surface area contributed by atoms with E-state index in [0.29, 0.717) is 13.2 Å². The molecule has 0 saturated carbocycles. The number of aromatic nitrogens is 1. The van der Waals surface area contributed by atoms with Crippen LogP contribution in [-0.4, -0.2) is 24.7 Å². The highest BCUT2D eigenvalue weighted by atomic mass is 16.5. The SMILES string of the molecule is CCOc1ccc(OCC)c(NCCc2cccnc2)c1. The zero-order valence-corrected chi connectivity index (χ0v) is 12.6. The highest BCUT2D eigenvalue weighted by Crippen LogP contribution is 2.29. The van der Waals surface area contributed by atoms with E-state index in [1.807, 2.05) is 44.3 Å². The van der Waals surface area contributed by atoms with Gasteiger partial charge in [0.05, 0.1) is 18.9 Å². The summed E-state index contributed by atoms with van der Waals surface area (Å²) in [5.74, 6) is 1.71. The summed E-state index contributed by atoms with van der Waals surface area (Å²) in [6.07, 6.45) is 4.59. The van der Waals surface area contributed by atoms with Gasteiger partial charge in [0.25, 0.3) is 0 Å². The Kier molecular flexibility index (Phi) is 5.88. The number of hydrogen-bond acceptors (Lipinski definition) is 4. The first-order valence-corrected chi connectivity index (χ1v) is 7.36. The van der Waals surface area contributed by atoms with Gasteiger partial charge in [0.1, 0.15) is 11.5 Å². The number of pyridine rings is 1. The Labute approximate surface area is 126 Å². The van der Waals surface area contributed by atoms with E-state index in [9.17, 15) is 0 Å². The van der Waals surface area contributed by atoms with Crippen LogP contribution < -0.4 is 14.8 Å². The molecule has 21 heavy (non-hydrogen) atoms. The lowest BCUT2D eigenvalue weighted by Gasteiger charge is -2.14. The summed E-state index contributed by atoms with van der Waals surface area (Å²) >= 11 is 0. The van der Waals surface area contributed by atoms with Gasteiger partial charge in [-0.05, 0) is 44.0 Å². The van der Waals surface area contributed by atoms with E-state index >= 15 is 0 Å². The third-order valence-corrected chi connectivity index (χ3v) is 3.01. The van der Waals surface area contributed by atoms with Crippen molar-refractivity contribution in [2.45, 2.75) is 20.3 Å². The van der Waals surface area contributed by atoms with Crippen molar-refractivity contribution < 1.29 is 9.47 Å². The lowest BCUT2D eigenvalue weighted by molar-refractivity contribution is 0.332. The summed E-state index contributed by atoms with van der Waals surface area (Å²) in [7, 11) is 0. The van der Waals surface area contributed by atoms with Crippen molar-refractivity contribution in [3.8, 4) is 11.5 Å². The summed E-state index contributed by atoms with van der Waals surface area (Å²) in [6.45, 7) is 6.08. The van der Waals surface area contributed by atoms with E-state index in [0.717, 1.165) is 30.2 Å². The molecule has 1 heterocycles. The van der Waals surface area contributed by atoms with Crippen LogP contribution in [-0.2, 0) is 6.42 Å². The van der Waals surface area contributed by atoms with Crippen LogP contribution in [0.5, 0.6) is 11.5 Å². The first-order valence-electron chi connectivity index (χ1n) is 7.36. The minimum Gasteiger partial charge on any atom is -0.494 e. The second kappa shape index (κ2) is 8.15. The van der Waals surface area contributed by atoms with Crippen LogP contribution >= 0.6 is 0 Å². The fraction of sp³-hybridized carbons (Fsp3) is 0.353. The Balaban J connectivity index is 2.00. The van der Waals surface area contributed by atoms with Crippen LogP contribution in [0.4, 0.5) is 5.69 Å². The first-order chi connectivity index (χ1) is 10.3. The van der Waals surface area contributed by atoms with Gasteiger partial charge in [-0.15, -0.1) is 0 Å². The molecular formula is C17H22N2O2. The van der Waals surface area contributed by atoms with Gasteiger partial charge in [0, 0.05) is 25.0 Å². The summed E-state index contributed by atoms with van der Waals surface area (Å²) in [5.41, 5.74) is 2.18. The van der Waals surface area contributed by atoms with Crippen LogP contribution in [0.3, 0.4) is 0 Å². The minimum absolute atomic E-state index is 0.644. The smallest absolute Gasteiger partial charge is 0.142 e. The number of ether oxygens (including phenoxy) is 2. The van der Waals surface area contributed by atoms with Gasteiger partial charge in [-0.1, -0.05) is 6.07 Å². The Morgan fingerprint density at radius 2 is 1.95 bits per heavy atom. The third-order valence-electron chi connectivity index (χ3n) is 3.01. The predicted octanol–water partition coefficient (Wildman–Crippen LogP) is 3.53. The normalized spacial score (nSPS) is 10.2. The average Bonchev–Trinajstić information content (AvgIpc) is 2.51. The molecule has 112 valence electrons. The molecule has 1 aromatic carbocycles. The van der Waals surface area contributed by atoms with E-state index < -0.39 is 0 Å². The van der Waals surface area contributed by atoms with Crippen molar-refractivity contribution in [3.63, 3.8) is 0 Å². The van der Waals surface area contributed by atoms with Gasteiger partial charge in [-0.2, -0.15) is 0 Å². The van der Waals surface area contributed by atoms with Gasteiger partial charge in [0.15, 0.2) is 0 Å². The molecule has 0 bridgehead atoms. The number of rotatable bonds is 8. The van der Waals surface area contributed by atoms with Crippen LogP contribution in [0, 0.1) is 0 Å². The summed E-state index contributed by atoms with van der Waals surface area (Å²) in [6, 6.07) is 9.89. The number of hydrogen-bond donors (Lipinski definition) is 1. The van der Waals surface area contributed by atoms with Crippen molar-refractivity contribution in [1.29, 1.82) is 0 Å². The van der Waals surface area contributed by atoms with Gasteiger partial charge >= 0.3 is 0 Å². The Bertz CT molecular complexity index is 544. The monoisotopic (exact) mass is 286 g/mol.